The fraction of sp³-hybridized carbons (Fsp3) is 1.00. The molecule has 2 fully saturated rings. The van der Waals surface area contributed by atoms with E-state index in [1.54, 1.807) is 0 Å². The van der Waals surface area contributed by atoms with Crippen molar-refractivity contribution in [3.05, 3.63) is 0 Å². The van der Waals surface area contributed by atoms with Crippen molar-refractivity contribution in [3.8, 4) is 0 Å². The summed E-state index contributed by atoms with van der Waals surface area (Å²) in [6, 6.07) is 0. The fourth-order valence-corrected chi connectivity index (χ4v) is 4.85. The molecule has 6 heteroatoms. The van der Waals surface area contributed by atoms with Crippen molar-refractivity contribution in [2.75, 3.05) is 31.1 Å². The average molecular weight is 320 g/mol. The number of hydrogen-bond acceptors (Lipinski definition) is 6. The van der Waals surface area contributed by atoms with Crippen molar-refractivity contribution >= 4 is 23.5 Å². The quantitative estimate of drug-likeness (QED) is 0.860. The van der Waals surface area contributed by atoms with Gasteiger partial charge in [-0.1, -0.05) is 0 Å². The zero-order valence-corrected chi connectivity index (χ0v) is 15.1. The molecule has 2 aliphatic heterocycles. The second-order valence-corrected chi connectivity index (χ2v) is 9.26. The van der Waals surface area contributed by atoms with E-state index < -0.39 is 0 Å². The number of nitrogens with zero attached hydrogens (tertiary/aromatic N) is 2. The van der Waals surface area contributed by atoms with E-state index in [1.165, 1.54) is 0 Å². The standard InChI is InChI=1S/C14H29N3OS2/c1-13(2,3)16-7-15-12(20-10-16)6-14(4,5)17-8-18-11-19-9-17/h12,15H,6-11H2,1-5H3. The summed E-state index contributed by atoms with van der Waals surface area (Å²) in [6.45, 7) is 13.3. The third-order valence-corrected chi connectivity index (χ3v) is 6.12. The first-order valence-corrected chi connectivity index (χ1v) is 9.50. The van der Waals surface area contributed by atoms with Gasteiger partial charge in [-0.05, 0) is 41.0 Å². The number of ether oxygens (including phenoxy) is 1. The fourth-order valence-electron chi connectivity index (χ4n) is 2.38. The van der Waals surface area contributed by atoms with Gasteiger partial charge >= 0.3 is 0 Å². The van der Waals surface area contributed by atoms with Crippen LogP contribution in [-0.4, -0.2) is 57.3 Å². The lowest BCUT2D eigenvalue weighted by Gasteiger charge is -2.45. The van der Waals surface area contributed by atoms with Gasteiger partial charge in [0.15, 0.2) is 0 Å². The lowest BCUT2D eigenvalue weighted by Crippen LogP contribution is -2.55. The summed E-state index contributed by atoms with van der Waals surface area (Å²) < 4.78 is 5.57. The third kappa shape index (κ3) is 4.52. The highest BCUT2D eigenvalue weighted by Gasteiger charge is 2.34. The van der Waals surface area contributed by atoms with Crippen molar-refractivity contribution in [3.63, 3.8) is 0 Å². The van der Waals surface area contributed by atoms with Gasteiger partial charge < -0.3 is 4.74 Å². The predicted molar refractivity (Wildman–Crippen MR) is 89.7 cm³/mol. The Bertz CT molecular complexity index is 306. The minimum Gasteiger partial charge on any atom is -0.355 e. The molecule has 0 radical (unpaired) electrons. The Morgan fingerprint density at radius 1 is 1.15 bits per heavy atom. The second-order valence-electron chi connectivity index (χ2n) is 7.20. The lowest BCUT2D eigenvalue weighted by molar-refractivity contribution is -0.00879. The molecule has 0 aromatic rings. The number of nitrogens with one attached hydrogen (secondary N) is 1. The van der Waals surface area contributed by atoms with Crippen LogP contribution in [0, 0.1) is 0 Å². The Balaban J connectivity index is 1.82. The minimum atomic E-state index is 0.183. The van der Waals surface area contributed by atoms with Crippen LogP contribution in [0.15, 0.2) is 0 Å². The summed E-state index contributed by atoms with van der Waals surface area (Å²) in [5.41, 5.74) is 0.430. The molecule has 1 unspecified atom stereocenters. The van der Waals surface area contributed by atoms with Crippen LogP contribution in [0.4, 0.5) is 0 Å². The molecule has 0 aromatic heterocycles. The second kappa shape index (κ2) is 6.75. The van der Waals surface area contributed by atoms with Crippen LogP contribution >= 0.6 is 23.5 Å². The van der Waals surface area contributed by atoms with Crippen LogP contribution in [-0.2, 0) is 4.74 Å². The van der Waals surface area contributed by atoms with E-state index in [9.17, 15) is 0 Å². The van der Waals surface area contributed by atoms with Gasteiger partial charge in [0.25, 0.3) is 0 Å². The Morgan fingerprint density at radius 3 is 2.40 bits per heavy atom. The van der Waals surface area contributed by atoms with E-state index in [1.807, 2.05) is 23.5 Å². The maximum Gasteiger partial charge on any atom is 0.101 e. The molecule has 2 saturated heterocycles. The van der Waals surface area contributed by atoms with Crippen LogP contribution in [0.2, 0.25) is 0 Å². The number of rotatable bonds is 3. The monoisotopic (exact) mass is 319 g/mol. The highest BCUT2D eigenvalue weighted by molar-refractivity contribution is 7.99. The highest BCUT2D eigenvalue weighted by atomic mass is 32.2. The van der Waals surface area contributed by atoms with E-state index in [2.05, 4.69) is 49.7 Å². The maximum atomic E-state index is 5.57. The smallest absolute Gasteiger partial charge is 0.101 e. The van der Waals surface area contributed by atoms with Crippen LogP contribution in [0.1, 0.15) is 41.0 Å². The molecular formula is C14H29N3OS2. The Morgan fingerprint density at radius 2 is 1.90 bits per heavy atom. The first-order valence-electron chi connectivity index (χ1n) is 7.30. The summed E-state index contributed by atoms with van der Waals surface area (Å²) >= 11 is 3.89. The summed E-state index contributed by atoms with van der Waals surface area (Å²) in [4.78, 5) is 4.93. The van der Waals surface area contributed by atoms with Gasteiger partial charge in [-0.2, -0.15) is 0 Å². The molecule has 0 saturated carbocycles. The van der Waals surface area contributed by atoms with Gasteiger partial charge in [-0.3, -0.25) is 15.1 Å². The maximum absolute atomic E-state index is 5.57. The van der Waals surface area contributed by atoms with Gasteiger partial charge in [0.2, 0.25) is 0 Å². The highest BCUT2D eigenvalue weighted by Crippen LogP contribution is 2.31. The molecule has 0 aliphatic carbocycles. The Kier molecular flexibility index (Phi) is 5.71. The van der Waals surface area contributed by atoms with Gasteiger partial charge in [0.1, 0.15) is 6.73 Å². The van der Waals surface area contributed by atoms with Crippen molar-refractivity contribution in [2.45, 2.75) is 57.5 Å². The minimum absolute atomic E-state index is 0.183. The van der Waals surface area contributed by atoms with Crippen LogP contribution in [0.5, 0.6) is 0 Å². The van der Waals surface area contributed by atoms with E-state index in [4.69, 9.17) is 4.74 Å². The Hall–Kier alpha value is 0.540. The Labute approximate surface area is 132 Å². The normalized spacial score (nSPS) is 27.8. The van der Waals surface area contributed by atoms with E-state index in [0.717, 1.165) is 37.5 Å². The summed E-state index contributed by atoms with van der Waals surface area (Å²) in [6.07, 6.45) is 1.15. The molecule has 20 heavy (non-hydrogen) atoms. The molecule has 0 amide bonds. The molecule has 0 bridgehead atoms. The van der Waals surface area contributed by atoms with Crippen molar-refractivity contribution < 1.29 is 4.74 Å². The zero-order chi connectivity index (χ0) is 14.8. The molecule has 1 N–H and O–H groups in total. The van der Waals surface area contributed by atoms with Gasteiger partial charge in [-0.15, -0.1) is 23.5 Å². The molecule has 2 aliphatic rings. The lowest BCUT2D eigenvalue weighted by atomic mass is 9.99. The topological polar surface area (TPSA) is 27.7 Å². The number of hydrogen-bond donors (Lipinski definition) is 1. The van der Waals surface area contributed by atoms with Crippen LogP contribution in [0.25, 0.3) is 0 Å². The SMILES string of the molecule is CC(C)(C)N1CNC(CC(C)(C)N2COCSC2)SC1. The van der Waals surface area contributed by atoms with Gasteiger partial charge in [-0.25, -0.2) is 0 Å². The van der Waals surface area contributed by atoms with Crippen molar-refractivity contribution in [2.24, 2.45) is 0 Å². The van der Waals surface area contributed by atoms with E-state index in [-0.39, 0.29) is 11.1 Å². The average Bonchev–Trinajstić information content (AvgIpc) is 2.39. The molecule has 0 spiro atoms. The molecule has 1 atom stereocenters. The first kappa shape index (κ1) is 16.9. The third-order valence-electron chi connectivity index (χ3n) is 4.09. The molecule has 0 aromatic carbocycles. The summed E-state index contributed by atoms with van der Waals surface area (Å²) in [5.74, 6) is 3.03. The molecule has 118 valence electrons. The van der Waals surface area contributed by atoms with Crippen LogP contribution < -0.4 is 5.32 Å². The molecule has 2 heterocycles. The number of thioether (sulfide) groups is 2. The zero-order valence-electron chi connectivity index (χ0n) is 13.4. The summed E-state index contributed by atoms with van der Waals surface area (Å²) in [7, 11) is 0. The van der Waals surface area contributed by atoms with Crippen LogP contribution in [0.3, 0.4) is 0 Å². The summed E-state index contributed by atoms with van der Waals surface area (Å²) in [5, 5.41) is 4.22. The largest absolute Gasteiger partial charge is 0.355 e. The van der Waals surface area contributed by atoms with Gasteiger partial charge in [0.05, 0.1) is 18.0 Å². The first-order chi connectivity index (χ1) is 9.29. The molecule has 4 nitrogen and oxygen atoms in total. The predicted octanol–water partition coefficient (Wildman–Crippen LogP) is 2.77. The molecule has 2 rings (SSSR count). The van der Waals surface area contributed by atoms with E-state index in [0.29, 0.717) is 5.37 Å². The van der Waals surface area contributed by atoms with Gasteiger partial charge in [0, 0.05) is 22.8 Å². The molecular weight excluding hydrogens is 290 g/mol. The van der Waals surface area contributed by atoms with Crippen molar-refractivity contribution in [1.29, 1.82) is 0 Å². The van der Waals surface area contributed by atoms with Crippen molar-refractivity contribution in [1.82, 2.24) is 15.1 Å². The van der Waals surface area contributed by atoms with E-state index >= 15 is 0 Å².